The van der Waals surface area contributed by atoms with Gasteiger partial charge in [0.15, 0.2) is 0 Å². The molecule has 4 rings (SSSR count). The van der Waals surface area contributed by atoms with Crippen molar-refractivity contribution in [2.75, 3.05) is 20.1 Å². The Bertz CT molecular complexity index is 626. The molecule has 0 aromatic heterocycles. The number of hydrogen-bond donors (Lipinski definition) is 0. The van der Waals surface area contributed by atoms with E-state index in [4.69, 9.17) is 0 Å². The lowest BCUT2D eigenvalue weighted by Gasteiger charge is -2.39. The average molecular weight is 359 g/mol. The van der Waals surface area contributed by atoms with E-state index in [1.807, 2.05) is 12.1 Å². The first kappa shape index (κ1) is 18.0. The van der Waals surface area contributed by atoms with Gasteiger partial charge in [-0.1, -0.05) is 37.8 Å². The molecular weight excluding hydrogens is 327 g/mol. The standard InChI is InChI=1S/C22H31FN2O/c1-24-14-4-7-20-22(24)19(17-9-11-18(23)12-10-17)15-25(20)21(26)13-8-16-5-2-3-6-16/h9-12,16,19-20,22H,2-8,13-15H2,1H3/t19-,20-,22-/m1/s1. The molecule has 1 amide bonds. The predicted molar refractivity (Wildman–Crippen MR) is 101 cm³/mol. The van der Waals surface area contributed by atoms with Gasteiger partial charge in [0.05, 0.1) is 0 Å². The number of amides is 1. The summed E-state index contributed by atoms with van der Waals surface area (Å²) in [6.45, 7) is 1.87. The zero-order chi connectivity index (χ0) is 18.1. The SMILES string of the molecule is CN1CCC[C@@H]2[C@H]1[C@@H](c1ccc(F)cc1)CN2C(=O)CCC1CCCC1. The van der Waals surface area contributed by atoms with Gasteiger partial charge in [0.1, 0.15) is 5.82 Å². The molecule has 26 heavy (non-hydrogen) atoms. The fourth-order valence-corrected chi connectivity index (χ4v) is 5.60. The highest BCUT2D eigenvalue weighted by atomic mass is 19.1. The summed E-state index contributed by atoms with van der Waals surface area (Å²) >= 11 is 0. The predicted octanol–water partition coefficient (Wildman–Crippen LogP) is 4.18. The van der Waals surface area contributed by atoms with E-state index in [0.29, 0.717) is 30.3 Å². The van der Waals surface area contributed by atoms with Crippen LogP contribution in [0.3, 0.4) is 0 Å². The van der Waals surface area contributed by atoms with Gasteiger partial charge in [-0.05, 0) is 56.5 Å². The first-order valence-corrected chi connectivity index (χ1v) is 10.4. The second kappa shape index (κ2) is 7.67. The van der Waals surface area contributed by atoms with Crippen molar-refractivity contribution in [3.8, 4) is 0 Å². The summed E-state index contributed by atoms with van der Waals surface area (Å²) in [5.41, 5.74) is 1.17. The molecule has 3 atom stereocenters. The number of likely N-dealkylation sites (N-methyl/N-ethyl adjacent to an activating group) is 1. The van der Waals surface area contributed by atoms with Crippen LogP contribution in [0.4, 0.5) is 4.39 Å². The third-order valence-corrected chi connectivity index (χ3v) is 6.98. The van der Waals surface area contributed by atoms with Gasteiger partial charge in [-0.15, -0.1) is 0 Å². The number of hydrogen-bond acceptors (Lipinski definition) is 2. The Balaban J connectivity index is 1.49. The summed E-state index contributed by atoms with van der Waals surface area (Å²) in [4.78, 5) is 17.6. The van der Waals surface area contributed by atoms with Crippen molar-refractivity contribution in [3.63, 3.8) is 0 Å². The summed E-state index contributed by atoms with van der Waals surface area (Å²) in [6.07, 6.45) is 9.30. The molecule has 0 radical (unpaired) electrons. The van der Waals surface area contributed by atoms with Gasteiger partial charge < -0.3 is 9.80 Å². The molecule has 0 N–H and O–H groups in total. The Morgan fingerprint density at radius 1 is 1.12 bits per heavy atom. The first-order valence-electron chi connectivity index (χ1n) is 10.4. The molecule has 1 aliphatic carbocycles. The Morgan fingerprint density at radius 2 is 1.85 bits per heavy atom. The summed E-state index contributed by atoms with van der Waals surface area (Å²) in [5, 5.41) is 0. The van der Waals surface area contributed by atoms with E-state index in [1.165, 1.54) is 31.2 Å². The highest BCUT2D eigenvalue weighted by Gasteiger charge is 2.47. The van der Waals surface area contributed by atoms with Crippen LogP contribution in [-0.2, 0) is 4.79 Å². The maximum atomic E-state index is 13.4. The van der Waals surface area contributed by atoms with Crippen molar-refractivity contribution in [2.24, 2.45) is 5.92 Å². The highest BCUT2D eigenvalue weighted by molar-refractivity contribution is 5.77. The van der Waals surface area contributed by atoms with Crippen LogP contribution in [0, 0.1) is 11.7 Å². The minimum absolute atomic E-state index is 0.190. The van der Waals surface area contributed by atoms with Crippen molar-refractivity contribution in [1.29, 1.82) is 0 Å². The summed E-state index contributed by atoms with van der Waals surface area (Å²) in [7, 11) is 2.18. The number of piperidine rings is 1. The first-order chi connectivity index (χ1) is 12.6. The molecule has 3 fully saturated rings. The number of rotatable bonds is 4. The fourth-order valence-electron chi connectivity index (χ4n) is 5.60. The molecule has 1 saturated carbocycles. The van der Waals surface area contributed by atoms with Crippen molar-refractivity contribution < 1.29 is 9.18 Å². The van der Waals surface area contributed by atoms with E-state index >= 15 is 0 Å². The molecule has 0 bridgehead atoms. The number of halogens is 1. The Hall–Kier alpha value is -1.42. The number of carbonyl (C=O) groups excluding carboxylic acids is 1. The fraction of sp³-hybridized carbons (Fsp3) is 0.682. The Kier molecular flexibility index (Phi) is 5.30. The second-order valence-corrected chi connectivity index (χ2v) is 8.57. The molecule has 4 heteroatoms. The van der Waals surface area contributed by atoms with E-state index < -0.39 is 0 Å². The Labute approximate surface area is 156 Å². The van der Waals surface area contributed by atoms with Gasteiger partial charge in [0.25, 0.3) is 0 Å². The van der Waals surface area contributed by atoms with Crippen LogP contribution in [0.15, 0.2) is 24.3 Å². The lowest BCUT2D eigenvalue weighted by Crippen LogP contribution is -2.50. The lowest BCUT2D eigenvalue weighted by atomic mass is 9.86. The molecule has 2 saturated heterocycles. The van der Waals surface area contributed by atoms with Crippen LogP contribution in [0.5, 0.6) is 0 Å². The van der Waals surface area contributed by atoms with Gasteiger partial charge in [-0.2, -0.15) is 0 Å². The summed E-state index contributed by atoms with van der Waals surface area (Å²) in [6, 6.07) is 7.61. The monoisotopic (exact) mass is 358 g/mol. The number of nitrogens with zero attached hydrogens (tertiary/aromatic N) is 2. The smallest absolute Gasteiger partial charge is 0.222 e. The normalized spacial score (nSPS) is 29.9. The van der Waals surface area contributed by atoms with Crippen molar-refractivity contribution >= 4 is 5.91 Å². The maximum Gasteiger partial charge on any atom is 0.222 e. The van der Waals surface area contributed by atoms with Gasteiger partial charge in [0, 0.05) is 31.0 Å². The molecule has 3 aliphatic rings. The highest BCUT2D eigenvalue weighted by Crippen LogP contribution is 2.40. The van der Waals surface area contributed by atoms with Crippen LogP contribution in [0.1, 0.15) is 62.8 Å². The van der Waals surface area contributed by atoms with E-state index in [-0.39, 0.29) is 5.82 Å². The van der Waals surface area contributed by atoms with Crippen LogP contribution in [0.2, 0.25) is 0 Å². The van der Waals surface area contributed by atoms with Crippen molar-refractivity contribution in [1.82, 2.24) is 9.80 Å². The largest absolute Gasteiger partial charge is 0.337 e. The van der Waals surface area contributed by atoms with E-state index in [0.717, 1.165) is 38.3 Å². The molecule has 142 valence electrons. The van der Waals surface area contributed by atoms with Crippen molar-refractivity contribution in [2.45, 2.75) is 69.4 Å². The van der Waals surface area contributed by atoms with Gasteiger partial charge in [-0.25, -0.2) is 4.39 Å². The van der Waals surface area contributed by atoms with Crippen LogP contribution >= 0.6 is 0 Å². The van der Waals surface area contributed by atoms with Crippen LogP contribution in [-0.4, -0.2) is 47.9 Å². The zero-order valence-corrected chi connectivity index (χ0v) is 15.9. The zero-order valence-electron chi connectivity index (χ0n) is 15.9. The quantitative estimate of drug-likeness (QED) is 0.806. The minimum atomic E-state index is -0.190. The van der Waals surface area contributed by atoms with Crippen LogP contribution in [0.25, 0.3) is 0 Å². The van der Waals surface area contributed by atoms with Crippen LogP contribution < -0.4 is 0 Å². The third kappa shape index (κ3) is 3.53. The molecular formula is C22H31FN2O. The van der Waals surface area contributed by atoms with Gasteiger partial charge >= 0.3 is 0 Å². The van der Waals surface area contributed by atoms with Gasteiger partial charge in [0.2, 0.25) is 5.91 Å². The maximum absolute atomic E-state index is 13.4. The molecule has 2 aliphatic heterocycles. The molecule has 1 aromatic rings. The molecule has 2 heterocycles. The third-order valence-electron chi connectivity index (χ3n) is 6.98. The minimum Gasteiger partial charge on any atom is -0.337 e. The number of benzene rings is 1. The number of fused-ring (bicyclic) bond motifs is 1. The van der Waals surface area contributed by atoms with E-state index in [1.54, 1.807) is 12.1 Å². The summed E-state index contributed by atoms with van der Waals surface area (Å²) in [5.74, 6) is 1.21. The molecule has 0 unspecified atom stereocenters. The van der Waals surface area contributed by atoms with E-state index in [9.17, 15) is 9.18 Å². The van der Waals surface area contributed by atoms with E-state index in [2.05, 4.69) is 16.8 Å². The number of carbonyl (C=O) groups is 1. The Morgan fingerprint density at radius 3 is 2.58 bits per heavy atom. The van der Waals surface area contributed by atoms with Gasteiger partial charge in [-0.3, -0.25) is 4.79 Å². The number of likely N-dealkylation sites (tertiary alicyclic amines) is 2. The topological polar surface area (TPSA) is 23.6 Å². The molecule has 3 nitrogen and oxygen atoms in total. The molecule has 0 spiro atoms. The second-order valence-electron chi connectivity index (χ2n) is 8.57. The summed E-state index contributed by atoms with van der Waals surface area (Å²) < 4.78 is 13.4. The molecule has 1 aromatic carbocycles. The average Bonchev–Trinajstić information content (AvgIpc) is 3.29. The van der Waals surface area contributed by atoms with Crippen molar-refractivity contribution in [3.05, 3.63) is 35.6 Å². The lowest BCUT2D eigenvalue weighted by molar-refractivity contribution is -0.133.